The van der Waals surface area contributed by atoms with Crippen LogP contribution in [0.3, 0.4) is 0 Å². The van der Waals surface area contributed by atoms with Gasteiger partial charge in [0.15, 0.2) is 0 Å². The van der Waals surface area contributed by atoms with Gasteiger partial charge in [-0.25, -0.2) is 19.2 Å². The number of amides is 1. The highest BCUT2D eigenvalue weighted by Gasteiger charge is 2.29. The number of aliphatic carboxylic acids is 4. The van der Waals surface area contributed by atoms with Crippen LogP contribution < -0.4 is 5.73 Å². The van der Waals surface area contributed by atoms with Gasteiger partial charge < -0.3 is 36.0 Å². The number of carboxylic acids is 4. The molecule has 2 saturated heterocycles. The number of hydrogen-bond acceptors (Lipinski definition) is 8. The van der Waals surface area contributed by atoms with Crippen LogP contribution in [0.2, 0.25) is 0 Å². The second-order valence-electron chi connectivity index (χ2n) is 10.5. The third-order valence-corrected chi connectivity index (χ3v) is 7.37. The van der Waals surface area contributed by atoms with Gasteiger partial charge in [0.2, 0.25) is 5.91 Å². The van der Waals surface area contributed by atoms with Crippen molar-refractivity contribution in [3.8, 4) is 0 Å². The Morgan fingerprint density at radius 3 is 1.64 bits per heavy atom. The molecule has 0 unspecified atom stereocenters. The molecule has 0 saturated carbocycles. The first-order chi connectivity index (χ1) is 20.8. The lowest BCUT2D eigenvalue weighted by Crippen LogP contribution is -2.56. The van der Waals surface area contributed by atoms with Crippen LogP contribution in [-0.4, -0.2) is 123 Å². The minimum atomic E-state index is -1.26. The summed E-state index contributed by atoms with van der Waals surface area (Å²) in [6, 6.07) is 6.83. The molecular formula is C31H46N4O9. The first-order valence-electron chi connectivity index (χ1n) is 14.6. The molecule has 44 heavy (non-hydrogen) atoms. The maximum Gasteiger partial charge on any atom is 0.328 e. The number of nitrogens with two attached hydrogens (primary N) is 1. The van der Waals surface area contributed by atoms with Crippen LogP contribution in [0.25, 0.3) is 0 Å². The average molecular weight is 619 g/mol. The molecule has 244 valence electrons. The van der Waals surface area contributed by atoms with Gasteiger partial charge in [0, 0.05) is 56.5 Å². The second-order valence-corrected chi connectivity index (χ2v) is 10.5. The fourth-order valence-corrected chi connectivity index (χ4v) is 5.01. The maximum atomic E-state index is 12.9. The van der Waals surface area contributed by atoms with Crippen molar-refractivity contribution in [2.24, 2.45) is 5.73 Å². The molecule has 3 rings (SSSR count). The number of likely N-dealkylation sites (tertiary alicyclic amines) is 1. The summed E-state index contributed by atoms with van der Waals surface area (Å²) in [5, 5.41) is 31.2. The van der Waals surface area contributed by atoms with Crippen LogP contribution in [0, 0.1) is 0 Å². The molecule has 13 nitrogen and oxygen atoms in total. The number of benzene rings is 1. The molecule has 2 aliphatic rings. The predicted octanol–water partition coefficient (Wildman–Crippen LogP) is 1.34. The molecule has 1 aromatic carbocycles. The number of piperazine rings is 1. The number of aryl methyl sites for hydroxylation is 2. The lowest BCUT2D eigenvalue weighted by molar-refractivity contribution is -0.135. The zero-order valence-electron chi connectivity index (χ0n) is 25.7. The molecule has 0 spiro atoms. The van der Waals surface area contributed by atoms with E-state index in [0.717, 1.165) is 39.0 Å². The van der Waals surface area contributed by atoms with Gasteiger partial charge in [0.25, 0.3) is 0 Å². The smallest absolute Gasteiger partial charge is 0.328 e. The molecule has 0 aliphatic carbocycles. The molecule has 0 aromatic heterocycles. The van der Waals surface area contributed by atoms with Crippen LogP contribution in [0.5, 0.6) is 0 Å². The molecule has 2 fully saturated rings. The van der Waals surface area contributed by atoms with Crippen molar-refractivity contribution in [3.63, 3.8) is 0 Å². The van der Waals surface area contributed by atoms with Crippen molar-refractivity contribution >= 4 is 29.8 Å². The highest BCUT2D eigenvalue weighted by atomic mass is 16.4. The van der Waals surface area contributed by atoms with E-state index in [9.17, 15) is 24.0 Å². The van der Waals surface area contributed by atoms with Gasteiger partial charge in [-0.2, -0.15) is 0 Å². The number of rotatable bonds is 10. The quantitative estimate of drug-likeness (QED) is 0.236. The molecule has 0 radical (unpaired) electrons. The second kappa shape index (κ2) is 20.0. The molecule has 0 bridgehead atoms. The lowest BCUT2D eigenvalue weighted by atomic mass is 9.96. The highest BCUT2D eigenvalue weighted by molar-refractivity contribution is 5.90. The number of hydrogen-bond donors (Lipinski definition) is 5. The van der Waals surface area contributed by atoms with E-state index in [1.807, 2.05) is 4.90 Å². The fourth-order valence-electron chi connectivity index (χ4n) is 5.01. The number of carbonyl (C=O) groups excluding carboxylic acids is 1. The van der Waals surface area contributed by atoms with Crippen LogP contribution in [0.4, 0.5) is 0 Å². The molecule has 1 aromatic rings. The lowest BCUT2D eigenvalue weighted by Gasteiger charge is -2.42. The van der Waals surface area contributed by atoms with E-state index in [0.29, 0.717) is 36.8 Å². The van der Waals surface area contributed by atoms with E-state index in [-0.39, 0.29) is 5.91 Å². The molecular weight excluding hydrogens is 572 g/mol. The van der Waals surface area contributed by atoms with Crippen molar-refractivity contribution < 1.29 is 44.4 Å². The van der Waals surface area contributed by atoms with E-state index >= 15 is 0 Å². The van der Waals surface area contributed by atoms with Crippen LogP contribution >= 0.6 is 0 Å². The average Bonchev–Trinajstić information content (AvgIpc) is 2.99. The molecule has 6 N–H and O–H groups in total. The van der Waals surface area contributed by atoms with E-state index in [1.165, 1.54) is 42.6 Å². The molecule has 1 amide bonds. The van der Waals surface area contributed by atoms with Crippen LogP contribution in [0.15, 0.2) is 42.5 Å². The standard InChI is InChI=1S/C23H38N4O.2C4H4O4/c1-4-19-7-6-18(16-20(19)5-2)17-22(24)23(28)27-14-12-26(13-15-27)21-8-10-25(3)11-9-21;2*5-3(6)1-2-4(7)8/h6-7,16,21-22H,4-5,8-15,17,24H2,1-3H3;2*1-2H,(H,5,6)(H,7,8)/b;2*2-1-/t22-;;/m1../s1. The molecule has 13 heteroatoms. The predicted molar refractivity (Wildman–Crippen MR) is 164 cm³/mol. The van der Waals surface area contributed by atoms with Crippen molar-refractivity contribution in [3.05, 3.63) is 59.2 Å². The summed E-state index contributed by atoms with van der Waals surface area (Å²) in [4.78, 5) is 58.1. The Kier molecular flexibility index (Phi) is 17.2. The van der Waals surface area contributed by atoms with E-state index in [1.54, 1.807) is 0 Å². The normalized spacial score (nSPS) is 16.9. The number of carbonyl (C=O) groups is 5. The molecule has 2 heterocycles. The van der Waals surface area contributed by atoms with Gasteiger partial charge in [0.1, 0.15) is 0 Å². The maximum absolute atomic E-state index is 12.9. The van der Waals surface area contributed by atoms with E-state index in [2.05, 4.69) is 48.9 Å². The first-order valence-corrected chi connectivity index (χ1v) is 14.6. The summed E-state index contributed by atoms with van der Waals surface area (Å²) in [5.74, 6) is -4.92. The first kappa shape index (κ1) is 38.0. The van der Waals surface area contributed by atoms with Gasteiger partial charge in [-0.05, 0) is 68.9 Å². The van der Waals surface area contributed by atoms with Crippen molar-refractivity contribution in [2.75, 3.05) is 46.3 Å². The number of nitrogens with zero attached hydrogens (tertiary/aromatic N) is 3. The number of piperidine rings is 1. The minimum Gasteiger partial charge on any atom is -0.478 e. The third kappa shape index (κ3) is 14.9. The van der Waals surface area contributed by atoms with Gasteiger partial charge in [-0.1, -0.05) is 32.0 Å². The SMILES string of the molecule is CCc1ccc(C[C@@H](N)C(=O)N2CCN(C3CCN(C)CC3)CC2)cc1CC.O=C(O)/C=C\C(=O)O.O=C(O)/C=C\C(=O)O. The third-order valence-electron chi connectivity index (χ3n) is 7.37. The summed E-state index contributed by atoms with van der Waals surface area (Å²) in [7, 11) is 2.20. The Hall–Kier alpha value is -4.07. The fraction of sp³-hybridized carbons (Fsp3) is 0.516. The summed E-state index contributed by atoms with van der Waals surface area (Å²) in [6.07, 6.45) is 7.43. The Labute approximate surface area is 258 Å². The summed E-state index contributed by atoms with van der Waals surface area (Å²) < 4.78 is 0. The Morgan fingerprint density at radius 2 is 1.23 bits per heavy atom. The monoisotopic (exact) mass is 618 g/mol. The van der Waals surface area contributed by atoms with Gasteiger partial charge in [-0.3, -0.25) is 9.69 Å². The van der Waals surface area contributed by atoms with Crippen LogP contribution in [0.1, 0.15) is 43.4 Å². The summed E-state index contributed by atoms with van der Waals surface area (Å²) >= 11 is 0. The van der Waals surface area contributed by atoms with E-state index < -0.39 is 29.9 Å². The van der Waals surface area contributed by atoms with Gasteiger partial charge in [0.05, 0.1) is 6.04 Å². The minimum absolute atomic E-state index is 0.112. The Bertz CT molecular complexity index is 1100. The Morgan fingerprint density at radius 1 is 0.773 bits per heavy atom. The highest BCUT2D eigenvalue weighted by Crippen LogP contribution is 2.19. The van der Waals surface area contributed by atoms with Gasteiger partial charge >= 0.3 is 23.9 Å². The molecule has 1 atom stereocenters. The zero-order chi connectivity index (χ0) is 33.2. The van der Waals surface area contributed by atoms with Gasteiger partial charge in [-0.15, -0.1) is 0 Å². The van der Waals surface area contributed by atoms with Crippen LogP contribution in [-0.2, 0) is 43.2 Å². The van der Waals surface area contributed by atoms with Crippen molar-refractivity contribution in [2.45, 2.75) is 58.0 Å². The van der Waals surface area contributed by atoms with E-state index in [4.69, 9.17) is 26.2 Å². The largest absolute Gasteiger partial charge is 0.478 e. The van der Waals surface area contributed by atoms with Crippen molar-refractivity contribution in [1.82, 2.24) is 14.7 Å². The topological polar surface area (TPSA) is 202 Å². The van der Waals surface area contributed by atoms with Crippen molar-refractivity contribution in [1.29, 1.82) is 0 Å². The Balaban J connectivity index is 0.000000498. The summed E-state index contributed by atoms with van der Waals surface area (Å²) in [6.45, 7) is 10.3. The number of carboxylic acid groups (broad SMARTS) is 4. The molecule has 2 aliphatic heterocycles. The zero-order valence-corrected chi connectivity index (χ0v) is 25.7. The summed E-state index contributed by atoms with van der Waals surface area (Å²) in [5.41, 5.74) is 10.3.